The van der Waals surface area contributed by atoms with Crippen LogP contribution in [0.3, 0.4) is 0 Å². The topological polar surface area (TPSA) is 127 Å². The first-order valence-electron chi connectivity index (χ1n) is 11.5. The highest BCUT2D eigenvalue weighted by Crippen LogP contribution is 2.26. The first-order valence-corrected chi connectivity index (χ1v) is 11.5. The summed E-state index contributed by atoms with van der Waals surface area (Å²) in [5.41, 5.74) is 11.8. The van der Waals surface area contributed by atoms with Crippen molar-refractivity contribution in [3.05, 3.63) is 35.7 Å². The highest BCUT2D eigenvalue weighted by atomic mass is 19.4. The monoisotopic (exact) mass is 503 g/mol. The third-order valence-electron chi connectivity index (χ3n) is 4.26. The van der Waals surface area contributed by atoms with Crippen LogP contribution in [0, 0.1) is 6.92 Å². The van der Waals surface area contributed by atoms with Gasteiger partial charge in [0, 0.05) is 23.5 Å². The number of nitrogens with zero attached hydrogens (tertiary/aromatic N) is 3. The van der Waals surface area contributed by atoms with E-state index in [1.54, 1.807) is 24.1 Å². The minimum Gasteiger partial charge on any atom is -0.477 e. The number of carbonyl (C=O) groups is 1. The van der Waals surface area contributed by atoms with Crippen molar-refractivity contribution < 1.29 is 27.8 Å². The average molecular weight is 504 g/mol. The Balaban J connectivity index is 0.000000877. The molecule has 2 heterocycles. The van der Waals surface area contributed by atoms with Crippen molar-refractivity contribution in [3.8, 4) is 5.88 Å². The Labute approximate surface area is 206 Å². The van der Waals surface area contributed by atoms with Crippen LogP contribution in [0.15, 0.2) is 29.5 Å². The van der Waals surface area contributed by atoms with E-state index in [-0.39, 0.29) is 29.8 Å². The molecule has 5 N–H and O–H groups in total. The van der Waals surface area contributed by atoms with Crippen LogP contribution in [0.5, 0.6) is 5.88 Å². The summed E-state index contributed by atoms with van der Waals surface area (Å²) in [7, 11) is 0. The smallest absolute Gasteiger partial charge is 0.422 e. The fourth-order valence-corrected chi connectivity index (χ4v) is 2.51. The van der Waals surface area contributed by atoms with E-state index < -0.39 is 18.8 Å². The van der Waals surface area contributed by atoms with Gasteiger partial charge in [0.2, 0.25) is 5.88 Å². The number of aliphatic carboxylic acids is 1. The first-order chi connectivity index (χ1) is 16.1. The maximum absolute atomic E-state index is 12.2. The molecule has 1 aromatic heterocycles. The van der Waals surface area contributed by atoms with Gasteiger partial charge in [-0.05, 0) is 65.3 Å². The average Bonchev–Trinajstić information content (AvgIpc) is 2.75. The van der Waals surface area contributed by atoms with E-state index >= 15 is 0 Å². The summed E-state index contributed by atoms with van der Waals surface area (Å²) in [6.45, 7) is 11.2. The maximum Gasteiger partial charge on any atom is 0.422 e. The van der Waals surface area contributed by atoms with Crippen LogP contribution in [0.2, 0.25) is 0 Å². The van der Waals surface area contributed by atoms with Crippen molar-refractivity contribution >= 4 is 11.7 Å². The Bertz CT molecular complexity index is 827. The molecular formula is C24H40F3N5O3. The number of hydrogen-bond acceptors (Lipinski definition) is 7. The minimum absolute atomic E-state index is 0. The number of ether oxygens (including phenoxy) is 1. The summed E-state index contributed by atoms with van der Waals surface area (Å²) in [6.07, 6.45) is 3.78. The Morgan fingerprint density at radius 2 is 1.89 bits per heavy atom. The van der Waals surface area contributed by atoms with E-state index in [1.165, 1.54) is 31.5 Å². The fraction of sp³-hybridized carbons (Fsp3) is 0.625. The maximum atomic E-state index is 12.2. The standard InChI is InChI=1S/C15H16F3N3O3.C5H13N.C4H11N/c1-9-5-11(6-19-13(9)24-7-15(16,17)18)10(2)21-4-3-12(14(22)23)20-8-21;1-2-3-4-5-6;1-4(2,3)5/h3-6,10H,7-8H2,1-2H3,(H,22,23);2-6H2,1H3;5H2,1-3H3. The Morgan fingerprint density at radius 1 is 1.29 bits per heavy atom. The number of aliphatic imine (C=N–C) groups is 1. The lowest BCUT2D eigenvalue weighted by Gasteiger charge is -2.28. The van der Waals surface area contributed by atoms with E-state index in [0.29, 0.717) is 5.56 Å². The number of alkyl halides is 3. The van der Waals surface area contributed by atoms with Crippen LogP contribution < -0.4 is 16.2 Å². The Hall–Kier alpha value is -2.66. The van der Waals surface area contributed by atoms with Gasteiger partial charge in [0.15, 0.2) is 6.61 Å². The number of aryl methyl sites for hydroxylation is 1. The highest BCUT2D eigenvalue weighted by molar-refractivity contribution is 6.40. The molecule has 0 fully saturated rings. The molecule has 1 unspecified atom stereocenters. The van der Waals surface area contributed by atoms with Crippen molar-refractivity contribution in [2.24, 2.45) is 16.5 Å². The van der Waals surface area contributed by atoms with Crippen LogP contribution in [0.1, 0.15) is 71.0 Å². The summed E-state index contributed by atoms with van der Waals surface area (Å²) in [5.74, 6) is -1.16. The molecule has 0 aliphatic carbocycles. The normalized spacial score (nSPS) is 14.1. The van der Waals surface area contributed by atoms with Gasteiger partial charge < -0.3 is 26.2 Å². The Kier molecular flexibility index (Phi) is 14.2. The molecule has 0 saturated carbocycles. The van der Waals surface area contributed by atoms with Crippen molar-refractivity contribution in [1.29, 1.82) is 0 Å². The molecule has 200 valence electrons. The van der Waals surface area contributed by atoms with E-state index in [0.717, 1.165) is 12.1 Å². The number of unbranched alkanes of at least 4 members (excludes halogenated alkanes) is 2. The summed E-state index contributed by atoms with van der Waals surface area (Å²) < 4.78 is 41.2. The summed E-state index contributed by atoms with van der Waals surface area (Å²) in [4.78, 5) is 20.5. The molecule has 11 heteroatoms. The van der Waals surface area contributed by atoms with Crippen LogP contribution in [0.4, 0.5) is 13.2 Å². The lowest BCUT2D eigenvalue weighted by Crippen LogP contribution is -2.27. The zero-order valence-corrected chi connectivity index (χ0v) is 21.5. The predicted molar refractivity (Wildman–Crippen MR) is 132 cm³/mol. The number of carboxylic acids is 1. The Morgan fingerprint density at radius 3 is 2.26 bits per heavy atom. The molecule has 1 aliphatic rings. The molecule has 0 bridgehead atoms. The van der Waals surface area contributed by atoms with Crippen molar-refractivity contribution in [2.45, 2.75) is 78.6 Å². The first kappa shape index (κ1) is 32.3. The number of nitrogens with two attached hydrogens (primary N) is 2. The number of rotatable bonds is 8. The third kappa shape index (κ3) is 15.8. The molecule has 0 spiro atoms. The second kappa shape index (κ2) is 15.4. The summed E-state index contributed by atoms with van der Waals surface area (Å²) >= 11 is 0. The number of hydrogen-bond donors (Lipinski definition) is 3. The van der Waals surface area contributed by atoms with Crippen LogP contribution >= 0.6 is 0 Å². The summed E-state index contributed by atoms with van der Waals surface area (Å²) in [6, 6.07) is 1.51. The SMILES string of the molecule is CC(C)(C)N.CCCCCN.Cc1cc(C(C)N2C=CC(C(=O)O)=NC2)cnc1OCC(F)(F)F. The van der Waals surface area contributed by atoms with Crippen LogP contribution in [-0.4, -0.2) is 58.2 Å². The van der Waals surface area contributed by atoms with E-state index in [4.69, 9.17) is 16.6 Å². The van der Waals surface area contributed by atoms with E-state index in [2.05, 4.69) is 21.6 Å². The zero-order valence-electron chi connectivity index (χ0n) is 21.5. The molecule has 0 saturated heterocycles. The lowest BCUT2D eigenvalue weighted by atomic mass is 10.1. The second-order valence-corrected chi connectivity index (χ2v) is 9.15. The molecule has 0 radical (unpaired) electrons. The second-order valence-electron chi connectivity index (χ2n) is 9.15. The number of pyridine rings is 1. The van der Waals surface area contributed by atoms with Crippen LogP contribution in [-0.2, 0) is 4.79 Å². The van der Waals surface area contributed by atoms with Gasteiger partial charge in [0.05, 0.1) is 6.04 Å². The van der Waals surface area contributed by atoms with Gasteiger partial charge in [-0.15, -0.1) is 0 Å². The quantitative estimate of drug-likeness (QED) is 0.443. The van der Waals surface area contributed by atoms with Gasteiger partial charge in [0.25, 0.3) is 0 Å². The lowest BCUT2D eigenvalue weighted by molar-refractivity contribution is -0.154. The molecule has 8 nitrogen and oxygen atoms in total. The van der Waals surface area contributed by atoms with Crippen molar-refractivity contribution in [1.82, 2.24) is 9.88 Å². The van der Waals surface area contributed by atoms with Gasteiger partial charge in [-0.25, -0.2) is 9.78 Å². The summed E-state index contributed by atoms with van der Waals surface area (Å²) in [5, 5.41) is 8.85. The van der Waals surface area contributed by atoms with Crippen molar-refractivity contribution in [2.75, 3.05) is 19.8 Å². The molecule has 1 atom stereocenters. The number of aromatic nitrogens is 1. The molecule has 1 aromatic rings. The highest BCUT2D eigenvalue weighted by Gasteiger charge is 2.29. The van der Waals surface area contributed by atoms with Crippen LogP contribution in [0.25, 0.3) is 0 Å². The third-order valence-corrected chi connectivity index (χ3v) is 4.26. The van der Waals surface area contributed by atoms with Gasteiger partial charge in [-0.3, -0.25) is 4.99 Å². The van der Waals surface area contributed by atoms with E-state index in [1.807, 2.05) is 27.7 Å². The van der Waals surface area contributed by atoms with Gasteiger partial charge in [-0.1, -0.05) is 19.8 Å². The van der Waals surface area contributed by atoms with Gasteiger partial charge >= 0.3 is 12.1 Å². The molecular weight excluding hydrogens is 463 g/mol. The molecule has 0 aromatic carbocycles. The largest absolute Gasteiger partial charge is 0.477 e. The zero-order chi connectivity index (χ0) is 27.2. The van der Waals surface area contributed by atoms with Crippen molar-refractivity contribution in [3.63, 3.8) is 0 Å². The minimum atomic E-state index is -4.42. The van der Waals surface area contributed by atoms with Gasteiger partial charge in [0.1, 0.15) is 12.4 Å². The predicted octanol–water partition coefficient (Wildman–Crippen LogP) is 4.58. The number of carboxylic acid groups (broad SMARTS) is 1. The van der Waals surface area contributed by atoms with E-state index in [9.17, 15) is 18.0 Å². The van der Waals surface area contributed by atoms with Gasteiger partial charge in [-0.2, -0.15) is 13.2 Å². The number of halogens is 3. The fourth-order valence-electron chi connectivity index (χ4n) is 2.51. The molecule has 35 heavy (non-hydrogen) atoms. The molecule has 1 aliphatic heterocycles. The molecule has 2 rings (SSSR count). The molecule has 0 amide bonds.